The molecule has 1 saturated carbocycles. The van der Waals surface area contributed by atoms with Crippen LogP contribution in [0.3, 0.4) is 0 Å². The third kappa shape index (κ3) is 2.96. The van der Waals surface area contributed by atoms with Crippen LogP contribution < -0.4 is 11.1 Å². The maximum Gasteiger partial charge on any atom is 0.224 e. The summed E-state index contributed by atoms with van der Waals surface area (Å²) < 4.78 is 0.862. The molecule has 0 atom stereocenters. The average molecular weight is 269 g/mol. The molecule has 2 rings (SSSR count). The molecule has 3 nitrogen and oxygen atoms in total. The molecular weight excluding hydrogens is 256 g/mol. The maximum atomic E-state index is 11.6. The molecule has 1 aliphatic carbocycles. The quantitative estimate of drug-likeness (QED) is 0.829. The third-order valence-electron chi connectivity index (χ3n) is 2.44. The van der Waals surface area contributed by atoms with Crippen LogP contribution in [-0.4, -0.2) is 5.91 Å². The van der Waals surface area contributed by atoms with Crippen molar-refractivity contribution in [3.05, 3.63) is 22.7 Å². The van der Waals surface area contributed by atoms with Crippen LogP contribution in [0.25, 0.3) is 0 Å². The topological polar surface area (TPSA) is 55.1 Å². The lowest BCUT2D eigenvalue weighted by Gasteiger charge is -2.07. The zero-order chi connectivity index (χ0) is 10.8. The van der Waals surface area contributed by atoms with Crippen molar-refractivity contribution in [1.29, 1.82) is 0 Å². The summed E-state index contributed by atoms with van der Waals surface area (Å²) in [5.74, 6) is 0.675. The molecule has 4 heteroatoms. The van der Waals surface area contributed by atoms with Gasteiger partial charge in [0, 0.05) is 16.6 Å². The van der Waals surface area contributed by atoms with Gasteiger partial charge >= 0.3 is 0 Å². The molecule has 1 aromatic carbocycles. The molecule has 0 aromatic heterocycles. The van der Waals surface area contributed by atoms with E-state index in [4.69, 9.17) is 5.73 Å². The predicted octanol–water partition coefficient (Wildman–Crippen LogP) is 2.77. The Kier molecular flexibility index (Phi) is 2.95. The van der Waals surface area contributed by atoms with Crippen molar-refractivity contribution in [2.24, 2.45) is 5.92 Å². The van der Waals surface area contributed by atoms with E-state index >= 15 is 0 Å². The Hall–Kier alpha value is -1.03. The summed E-state index contributed by atoms with van der Waals surface area (Å²) in [7, 11) is 0. The van der Waals surface area contributed by atoms with E-state index in [1.165, 1.54) is 12.8 Å². The fourth-order valence-electron chi connectivity index (χ4n) is 1.42. The van der Waals surface area contributed by atoms with E-state index in [2.05, 4.69) is 21.2 Å². The van der Waals surface area contributed by atoms with Crippen LogP contribution >= 0.6 is 15.9 Å². The van der Waals surface area contributed by atoms with Gasteiger partial charge in [-0.3, -0.25) is 4.79 Å². The van der Waals surface area contributed by atoms with Crippen molar-refractivity contribution in [2.75, 3.05) is 11.1 Å². The number of carbonyl (C=O) groups is 1. The minimum absolute atomic E-state index is 0.0730. The summed E-state index contributed by atoms with van der Waals surface area (Å²) >= 11 is 3.37. The van der Waals surface area contributed by atoms with Crippen LogP contribution in [0.2, 0.25) is 0 Å². The number of rotatable bonds is 3. The van der Waals surface area contributed by atoms with Crippen molar-refractivity contribution in [3.63, 3.8) is 0 Å². The molecule has 80 valence electrons. The fourth-order valence-corrected chi connectivity index (χ4v) is 1.77. The molecule has 3 N–H and O–H groups in total. The Morgan fingerprint density at radius 1 is 1.53 bits per heavy atom. The number of anilines is 2. The standard InChI is InChI=1S/C11H13BrN2O/c12-9-4-3-8(13)6-10(9)14-11(15)5-7-1-2-7/h3-4,6-7H,1-2,5,13H2,(H,14,15). The second-order valence-electron chi connectivity index (χ2n) is 3.93. The molecule has 0 bridgehead atoms. The summed E-state index contributed by atoms with van der Waals surface area (Å²) in [6.45, 7) is 0. The van der Waals surface area contributed by atoms with E-state index in [0.717, 1.165) is 10.2 Å². The lowest BCUT2D eigenvalue weighted by atomic mass is 10.2. The van der Waals surface area contributed by atoms with Gasteiger partial charge in [0.1, 0.15) is 0 Å². The minimum atomic E-state index is 0.0730. The monoisotopic (exact) mass is 268 g/mol. The van der Waals surface area contributed by atoms with Gasteiger partial charge in [-0.1, -0.05) is 0 Å². The van der Waals surface area contributed by atoms with Crippen LogP contribution in [0.15, 0.2) is 22.7 Å². The number of carbonyl (C=O) groups excluding carboxylic acids is 1. The Balaban J connectivity index is 2.01. The summed E-state index contributed by atoms with van der Waals surface area (Å²) in [6, 6.07) is 5.39. The van der Waals surface area contributed by atoms with Crippen molar-refractivity contribution in [1.82, 2.24) is 0 Å². The number of benzene rings is 1. The first-order valence-electron chi connectivity index (χ1n) is 5.00. The Labute approximate surface area is 97.2 Å². The molecule has 15 heavy (non-hydrogen) atoms. The highest BCUT2D eigenvalue weighted by Gasteiger charge is 2.24. The zero-order valence-electron chi connectivity index (χ0n) is 8.29. The van der Waals surface area contributed by atoms with E-state index in [-0.39, 0.29) is 5.91 Å². The number of hydrogen-bond acceptors (Lipinski definition) is 2. The van der Waals surface area contributed by atoms with E-state index in [1.54, 1.807) is 12.1 Å². The molecule has 0 aliphatic heterocycles. The van der Waals surface area contributed by atoms with Crippen LogP contribution in [0.5, 0.6) is 0 Å². The molecule has 1 aromatic rings. The van der Waals surface area contributed by atoms with Crippen molar-refractivity contribution in [2.45, 2.75) is 19.3 Å². The number of hydrogen-bond donors (Lipinski definition) is 2. The molecule has 0 heterocycles. The smallest absolute Gasteiger partial charge is 0.224 e. The summed E-state index contributed by atoms with van der Waals surface area (Å²) in [6.07, 6.45) is 3.00. The largest absolute Gasteiger partial charge is 0.399 e. The van der Waals surface area contributed by atoms with Gasteiger partial charge in [0.25, 0.3) is 0 Å². The molecule has 0 unspecified atom stereocenters. The molecule has 1 amide bonds. The van der Waals surface area contributed by atoms with Gasteiger partial charge in [-0.25, -0.2) is 0 Å². The van der Waals surface area contributed by atoms with E-state index in [9.17, 15) is 4.79 Å². The third-order valence-corrected chi connectivity index (χ3v) is 3.13. The summed E-state index contributed by atoms with van der Waals surface area (Å²) in [4.78, 5) is 11.6. The number of amides is 1. The van der Waals surface area contributed by atoms with Crippen LogP contribution in [0.1, 0.15) is 19.3 Å². The first-order valence-corrected chi connectivity index (χ1v) is 5.79. The predicted molar refractivity (Wildman–Crippen MR) is 64.5 cm³/mol. The lowest BCUT2D eigenvalue weighted by molar-refractivity contribution is -0.116. The van der Waals surface area contributed by atoms with E-state index in [0.29, 0.717) is 18.0 Å². The van der Waals surface area contributed by atoms with Gasteiger partial charge in [0.2, 0.25) is 5.91 Å². The summed E-state index contributed by atoms with van der Waals surface area (Å²) in [5.41, 5.74) is 7.05. The maximum absolute atomic E-state index is 11.6. The normalized spacial score (nSPS) is 15.0. The minimum Gasteiger partial charge on any atom is -0.399 e. The number of halogens is 1. The molecule has 0 radical (unpaired) electrons. The summed E-state index contributed by atoms with van der Waals surface area (Å²) in [5, 5.41) is 2.86. The highest BCUT2D eigenvalue weighted by atomic mass is 79.9. The number of nitrogen functional groups attached to an aromatic ring is 1. The van der Waals surface area contributed by atoms with Gasteiger partial charge in [0.15, 0.2) is 0 Å². The highest BCUT2D eigenvalue weighted by Crippen LogP contribution is 2.33. The van der Waals surface area contributed by atoms with Crippen molar-refractivity contribution in [3.8, 4) is 0 Å². The van der Waals surface area contributed by atoms with Gasteiger partial charge in [-0.2, -0.15) is 0 Å². The highest BCUT2D eigenvalue weighted by molar-refractivity contribution is 9.10. The number of nitrogens with two attached hydrogens (primary N) is 1. The number of nitrogens with one attached hydrogen (secondary N) is 1. The Morgan fingerprint density at radius 2 is 2.27 bits per heavy atom. The zero-order valence-corrected chi connectivity index (χ0v) is 9.88. The van der Waals surface area contributed by atoms with Gasteiger partial charge in [-0.05, 0) is 52.9 Å². The SMILES string of the molecule is Nc1ccc(Br)c(NC(=O)CC2CC2)c1. The Bertz CT molecular complexity index is 388. The van der Waals surface area contributed by atoms with E-state index in [1.807, 2.05) is 6.07 Å². The fraction of sp³-hybridized carbons (Fsp3) is 0.364. The average Bonchev–Trinajstić information content (AvgIpc) is 2.95. The van der Waals surface area contributed by atoms with Crippen molar-refractivity contribution < 1.29 is 4.79 Å². The first-order chi connectivity index (χ1) is 7.15. The van der Waals surface area contributed by atoms with Crippen LogP contribution in [-0.2, 0) is 4.79 Å². The molecule has 0 spiro atoms. The first kappa shape index (κ1) is 10.5. The van der Waals surface area contributed by atoms with Gasteiger partial charge in [0.05, 0.1) is 5.69 Å². The molecule has 0 saturated heterocycles. The van der Waals surface area contributed by atoms with Crippen LogP contribution in [0.4, 0.5) is 11.4 Å². The second-order valence-corrected chi connectivity index (χ2v) is 4.79. The van der Waals surface area contributed by atoms with Gasteiger partial charge < -0.3 is 11.1 Å². The lowest BCUT2D eigenvalue weighted by Crippen LogP contribution is -2.12. The molecular formula is C11H13BrN2O. The Morgan fingerprint density at radius 3 is 2.93 bits per heavy atom. The van der Waals surface area contributed by atoms with E-state index < -0.39 is 0 Å². The van der Waals surface area contributed by atoms with Gasteiger partial charge in [-0.15, -0.1) is 0 Å². The van der Waals surface area contributed by atoms with Crippen LogP contribution in [0, 0.1) is 5.92 Å². The molecule has 1 fully saturated rings. The molecule has 1 aliphatic rings. The van der Waals surface area contributed by atoms with Crippen molar-refractivity contribution >= 4 is 33.2 Å². The second kappa shape index (κ2) is 4.23.